The standard InChI is InChI=1S/C21H27N5O2/c1-22-21(23-16-20(27)24-17-8-4-3-5-9-17)26-14-12-25(13-15-26)18-10-6-7-11-19(18)28-2/h3-11H,12-16H2,1-2H3,(H,22,23)(H,24,27). The molecule has 1 aliphatic rings. The first-order valence-corrected chi connectivity index (χ1v) is 9.39. The van der Waals surface area contributed by atoms with Gasteiger partial charge in [-0.2, -0.15) is 0 Å². The Hall–Kier alpha value is -3.22. The molecule has 1 amide bonds. The van der Waals surface area contributed by atoms with Crippen molar-refractivity contribution in [3.05, 3.63) is 54.6 Å². The lowest BCUT2D eigenvalue weighted by Gasteiger charge is -2.38. The Morgan fingerprint density at radius 3 is 2.39 bits per heavy atom. The lowest BCUT2D eigenvalue weighted by atomic mass is 10.2. The molecule has 2 N–H and O–H groups in total. The highest BCUT2D eigenvalue weighted by atomic mass is 16.5. The molecule has 148 valence electrons. The molecule has 0 aromatic heterocycles. The summed E-state index contributed by atoms with van der Waals surface area (Å²) in [4.78, 5) is 21.0. The number of nitrogens with one attached hydrogen (secondary N) is 2. The summed E-state index contributed by atoms with van der Waals surface area (Å²) in [6, 6.07) is 17.5. The van der Waals surface area contributed by atoms with Crippen LogP contribution in [0.15, 0.2) is 59.6 Å². The number of para-hydroxylation sites is 3. The summed E-state index contributed by atoms with van der Waals surface area (Å²) >= 11 is 0. The van der Waals surface area contributed by atoms with Crippen LogP contribution in [0.4, 0.5) is 11.4 Å². The predicted molar refractivity (Wildman–Crippen MR) is 113 cm³/mol. The summed E-state index contributed by atoms with van der Waals surface area (Å²) in [6.07, 6.45) is 0. The van der Waals surface area contributed by atoms with E-state index in [4.69, 9.17) is 4.74 Å². The molecule has 3 rings (SSSR count). The molecular weight excluding hydrogens is 354 g/mol. The van der Waals surface area contributed by atoms with Gasteiger partial charge in [0, 0.05) is 38.9 Å². The zero-order valence-electron chi connectivity index (χ0n) is 16.4. The molecule has 0 radical (unpaired) electrons. The first kappa shape index (κ1) is 19.5. The number of carbonyl (C=O) groups excluding carboxylic acids is 1. The highest BCUT2D eigenvalue weighted by Crippen LogP contribution is 2.28. The van der Waals surface area contributed by atoms with Crippen LogP contribution < -0.4 is 20.3 Å². The van der Waals surface area contributed by atoms with E-state index >= 15 is 0 Å². The van der Waals surface area contributed by atoms with Crippen LogP contribution in [-0.4, -0.2) is 63.6 Å². The Bertz CT molecular complexity index is 801. The Morgan fingerprint density at radius 2 is 1.71 bits per heavy atom. The summed E-state index contributed by atoms with van der Waals surface area (Å²) in [7, 11) is 3.44. The molecule has 0 aliphatic carbocycles. The first-order valence-electron chi connectivity index (χ1n) is 9.39. The van der Waals surface area contributed by atoms with Gasteiger partial charge in [-0.25, -0.2) is 0 Å². The van der Waals surface area contributed by atoms with Crippen molar-refractivity contribution in [1.82, 2.24) is 10.2 Å². The molecule has 0 saturated carbocycles. The number of ether oxygens (including phenoxy) is 1. The van der Waals surface area contributed by atoms with Crippen molar-refractivity contribution in [3.8, 4) is 5.75 Å². The van der Waals surface area contributed by atoms with Gasteiger partial charge in [0.1, 0.15) is 5.75 Å². The van der Waals surface area contributed by atoms with Crippen LogP contribution in [0.1, 0.15) is 0 Å². The molecule has 1 heterocycles. The second-order valence-corrected chi connectivity index (χ2v) is 6.46. The van der Waals surface area contributed by atoms with Gasteiger partial charge in [-0.1, -0.05) is 30.3 Å². The molecule has 0 spiro atoms. The van der Waals surface area contributed by atoms with Crippen molar-refractivity contribution in [2.24, 2.45) is 4.99 Å². The molecule has 0 atom stereocenters. The van der Waals surface area contributed by atoms with E-state index in [1.54, 1.807) is 14.2 Å². The second kappa shape index (κ2) is 9.64. The Labute approximate surface area is 166 Å². The topological polar surface area (TPSA) is 69.2 Å². The fourth-order valence-corrected chi connectivity index (χ4v) is 3.27. The average molecular weight is 381 g/mol. The summed E-state index contributed by atoms with van der Waals surface area (Å²) in [5.41, 5.74) is 1.89. The number of hydrogen-bond donors (Lipinski definition) is 2. The van der Waals surface area contributed by atoms with E-state index in [9.17, 15) is 4.79 Å². The maximum Gasteiger partial charge on any atom is 0.243 e. The first-order chi connectivity index (χ1) is 13.7. The Balaban J connectivity index is 1.50. The second-order valence-electron chi connectivity index (χ2n) is 6.46. The number of aliphatic imine (C=N–C) groups is 1. The van der Waals surface area contributed by atoms with Gasteiger partial charge in [0.05, 0.1) is 19.3 Å². The third kappa shape index (κ3) is 4.94. The molecule has 1 saturated heterocycles. The number of piperazine rings is 1. The SMILES string of the molecule is CN=C(NCC(=O)Nc1ccccc1)N1CCN(c2ccccc2OC)CC1. The molecule has 7 nitrogen and oxygen atoms in total. The quantitative estimate of drug-likeness (QED) is 0.613. The van der Waals surface area contributed by atoms with Crippen molar-refractivity contribution in [1.29, 1.82) is 0 Å². The minimum absolute atomic E-state index is 0.0972. The van der Waals surface area contributed by atoms with Crippen LogP contribution >= 0.6 is 0 Å². The molecule has 2 aromatic rings. The maximum atomic E-state index is 12.2. The Kier molecular flexibility index (Phi) is 6.73. The van der Waals surface area contributed by atoms with Gasteiger partial charge in [-0.3, -0.25) is 9.79 Å². The lowest BCUT2D eigenvalue weighted by molar-refractivity contribution is -0.115. The largest absolute Gasteiger partial charge is 0.495 e. The lowest BCUT2D eigenvalue weighted by Crippen LogP contribution is -2.53. The van der Waals surface area contributed by atoms with Gasteiger partial charge in [-0.05, 0) is 24.3 Å². The van der Waals surface area contributed by atoms with Gasteiger partial charge in [-0.15, -0.1) is 0 Å². The zero-order chi connectivity index (χ0) is 19.8. The van der Waals surface area contributed by atoms with Crippen molar-refractivity contribution in [2.75, 3.05) is 57.1 Å². The summed E-state index contributed by atoms with van der Waals surface area (Å²) in [5, 5.41) is 6.03. The van der Waals surface area contributed by atoms with E-state index in [2.05, 4.69) is 31.5 Å². The smallest absolute Gasteiger partial charge is 0.243 e. The van der Waals surface area contributed by atoms with E-state index < -0.39 is 0 Å². The van der Waals surface area contributed by atoms with E-state index in [1.807, 2.05) is 48.5 Å². The van der Waals surface area contributed by atoms with Crippen LogP contribution in [0.2, 0.25) is 0 Å². The predicted octanol–water partition coefficient (Wildman–Crippen LogP) is 2.03. The van der Waals surface area contributed by atoms with Crippen LogP contribution in [0.5, 0.6) is 5.75 Å². The van der Waals surface area contributed by atoms with Gasteiger partial charge in [0.15, 0.2) is 5.96 Å². The number of amides is 1. The highest BCUT2D eigenvalue weighted by molar-refractivity contribution is 5.95. The molecule has 2 aromatic carbocycles. The molecular formula is C21H27N5O2. The molecule has 28 heavy (non-hydrogen) atoms. The average Bonchev–Trinajstić information content (AvgIpc) is 2.75. The van der Waals surface area contributed by atoms with Crippen molar-refractivity contribution < 1.29 is 9.53 Å². The summed E-state index contributed by atoms with van der Waals surface area (Å²) in [5.74, 6) is 1.53. The number of nitrogens with zero attached hydrogens (tertiary/aromatic N) is 3. The molecule has 1 aliphatic heterocycles. The van der Waals surface area contributed by atoms with Gasteiger partial charge < -0.3 is 25.2 Å². The monoisotopic (exact) mass is 381 g/mol. The number of anilines is 2. The Morgan fingerprint density at radius 1 is 1.04 bits per heavy atom. The fraction of sp³-hybridized carbons (Fsp3) is 0.333. The minimum Gasteiger partial charge on any atom is -0.495 e. The van der Waals surface area contributed by atoms with E-state index in [1.165, 1.54) is 0 Å². The van der Waals surface area contributed by atoms with Crippen molar-refractivity contribution in [2.45, 2.75) is 0 Å². The number of benzene rings is 2. The third-order valence-corrected chi connectivity index (χ3v) is 4.68. The third-order valence-electron chi connectivity index (χ3n) is 4.68. The number of rotatable bonds is 5. The molecule has 1 fully saturated rings. The van der Waals surface area contributed by atoms with Crippen molar-refractivity contribution in [3.63, 3.8) is 0 Å². The van der Waals surface area contributed by atoms with Crippen molar-refractivity contribution >= 4 is 23.2 Å². The number of guanidine groups is 1. The van der Waals surface area contributed by atoms with Gasteiger partial charge in [0.2, 0.25) is 5.91 Å². The van der Waals surface area contributed by atoms with Crippen LogP contribution in [0, 0.1) is 0 Å². The summed E-state index contributed by atoms with van der Waals surface area (Å²) < 4.78 is 5.47. The summed E-state index contributed by atoms with van der Waals surface area (Å²) in [6.45, 7) is 3.53. The number of hydrogen-bond acceptors (Lipinski definition) is 4. The molecule has 0 unspecified atom stereocenters. The van der Waals surface area contributed by atoms with Crippen LogP contribution in [0.3, 0.4) is 0 Å². The zero-order valence-corrected chi connectivity index (χ0v) is 16.4. The van der Waals surface area contributed by atoms with E-state index in [0.29, 0.717) is 0 Å². The highest BCUT2D eigenvalue weighted by Gasteiger charge is 2.21. The van der Waals surface area contributed by atoms with Gasteiger partial charge in [0.25, 0.3) is 0 Å². The van der Waals surface area contributed by atoms with E-state index in [0.717, 1.165) is 49.3 Å². The van der Waals surface area contributed by atoms with E-state index in [-0.39, 0.29) is 12.5 Å². The van der Waals surface area contributed by atoms with Gasteiger partial charge >= 0.3 is 0 Å². The molecule has 0 bridgehead atoms. The number of carbonyl (C=O) groups is 1. The van der Waals surface area contributed by atoms with Crippen LogP contribution in [0.25, 0.3) is 0 Å². The number of methoxy groups -OCH3 is 1. The minimum atomic E-state index is -0.0972. The molecule has 7 heteroatoms. The normalized spacial score (nSPS) is 14.6. The fourth-order valence-electron chi connectivity index (χ4n) is 3.27. The maximum absolute atomic E-state index is 12.2. The van der Waals surface area contributed by atoms with Crippen LogP contribution in [-0.2, 0) is 4.79 Å².